The second-order valence-corrected chi connectivity index (χ2v) is 8.80. The fourth-order valence-corrected chi connectivity index (χ4v) is 5.33. The molecule has 2 rings (SSSR count). The van der Waals surface area contributed by atoms with E-state index in [9.17, 15) is 16.8 Å². The maximum absolute atomic E-state index is 12.2. The largest absolute Gasteiger partial charge is 0.496 e. The topological polar surface area (TPSA) is 89.5 Å². The average Bonchev–Trinajstić information content (AvgIpc) is 2.67. The van der Waals surface area contributed by atoms with Crippen LogP contribution in [0.5, 0.6) is 5.75 Å². The highest BCUT2D eigenvalue weighted by molar-refractivity contribution is 7.92. The molecule has 1 aliphatic rings. The molecule has 0 aromatic heterocycles. The fourth-order valence-electron chi connectivity index (χ4n) is 2.19. The van der Waals surface area contributed by atoms with Crippen molar-refractivity contribution in [3.8, 4) is 5.75 Å². The van der Waals surface area contributed by atoms with E-state index < -0.39 is 25.9 Å². The van der Waals surface area contributed by atoms with Gasteiger partial charge in [0.2, 0.25) is 10.0 Å². The van der Waals surface area contributed by atoms with E-state index in [-0.39, 0.29) is 16.4 Å². The summed E-state index contributed by atoms with van der Waals surface area (Å²) in [5.41, 5.74) is 0.703. The van der Waals surface area contributed by atoms with Crippen LogP contribution in [0.25, 0.3) is 0 Å². The number of rotatable bonds is 4. The van der Waals surface area contributed by atoms with Crippen molar-refractivity contribution in [2.24, 2.45) is 0 Å². The Labute approximate surface area is 119 Å². The first-order chi connectivity index (χ1) is 9.23. The van der Waals surface area contributed by atoms with Gasteiger partial charge < -0.3 is 4.74 Å². The van der Waals surface area contributed by atoms with Gasteiger partial charge in [-0.3, -0.25) is 0 Å². The van der Waals surface area contributed by atoms with Crippen LogP contribution in [0.4, 0.5) is 0 Å². The van der Waals surface area contributed by atoms with Crippen molar-refractivity contribution in [1.29, 1.82) is 0 Å². The van der Waals surface area contributed by atoms with Crippen LogP contribution in [0, 0.1) is 6.92 Å². The van der Waals surface area contributed by atoms with Crippen LogP contribution >= 0.6 is 0 Å². The van der Waals surface area contributed by atoms with Gasteiger partial charge >= 0.3 is 0 Å². The van der Waals surface area contributed by atoms with E-state index in [1.54, 1.807) is 13.0 Å². The van der Waals surface area contributed by atoms with E-state index in [2.05, 4.69) is 4.72 Å². The molecule has 1 fully saturated rings. The lowest BCUT2D eigenvalue weighted by Crippen LogP contribution is -2.35. The van der Waals surface area contributed by atoms with Gasteiger partial charge in [-0.05, 0) is 37.1 Å². The van der Waals surface area contributed by atoms with Crippen molar-refractivity contribution in [2.45, 2.75) is 24.3 Å². The lowest BCUT2D eigenvalue weighted by atomic mass is 10.2. The van der Waals surface area contributed by atoms with Gasteiger partial charge in [0.15, 0.2) is 9.84 Å². The zero-order valence-corrected chi connectivity index (χ0v) is 12.9. The number of hydrogen-bond acceptors (Lipinski definition) is 5. The average molecular weight is 319 g/mol. The summed E-state index contributed by atoms with van der Waals surface area (Å²) in [6.45, 7) is 1.75. The van der Waals surface area contributed by atoms with Crippen molar-refractivity contribution in [3.05, 3.63) is 23.8 Å². The summed E-state index contributed by atoms with van der Waals surface area (Å²) in [5.74, 6) is 0.496. The molecule has 1 N–H and O–H groups in total. The van der Waals surface area contributed by atoms with Gasteiger partial charge in [-0.2, -0.15) is 0 Å². The predicted molar refractivity (Wildman–Crippen MR) is 75.1 cm³/mol. The monoisotopic (exact) mass is 319 g/mol. The molecule has 0 spiro atoms. The molecule has 0 amide bonds. The number of aryl methyl sites for hydroxylation is 1. The van der Waals surface area contributed by atoms with Crippen molar-refractivity contribution >= 4 is 19.9 Å². The van der Waals surface area contributed by atoms with Gasteiger partial charge in [-0.1, -0.05) is 0 Å². The van der Waals surface area contributed by atoms with Crippen LogP contribution in [0.1, 0.15) is 12.0 Å². The van der Waals surface area contributed by atoms with Crippen LogP contribution in [0.3, 0.4) is 0 Å². The third kappa shape index (κ3) is 3.31. The summed E-state index contributed by atoms with van der Waals surface area (Å²) in [7, 11) is -5.32. The van der Waals surface area contributed by atoms with Gasteiger partial charge in [-0.25, -0.2) is 21.6 Å². The molecule has 6 nitrogen and oxygen atoms in total. The Kier molecular flexibility index (Phi) is 4.08. The number of ether oxygens (including phenoxy) is 1. The standard InChI is InChI=1S/C12H17NO5S2/c1-9-7-11(3-4-12(9)18-2)20(16,17)13-10-5-6-19(14,15)8-10/h3-4,7,10,13H,5-6,8H2,1-2H3/t10-/m0/s1. The molecule has 112 valence electrons. The molecule has 1 aromatic carbocycles. The molecule has 1 atom stereocenters. The van der Waals surface area contributed by atoms with Crippen molar-refractivity contribution < 1.29 is 21.6 Å². The number of benzene rings is 1. The zero-order valence-electron chi connectivity index (χ0n) is 11.3. The summed E-state index contributed by atoms with van der Waals surface area (Å²) in [4.78, 5) is 0.111. The molecule has 0 saturated carbocycles. The highest BCUT2D eigenvalue weighted by Gasteiger charge is 2.31. The minimum absolute atomic E-state index is 0.0296. The summed E-state index contributed by atoms with van der Waals surface area (Å²) < 4.78 is 54.6. The summed E-state index contributed by atoms with van der Waals surface area (Å²) >= 11 is 0. The summed E-state index contributed by atoms with van der Waals surface area (Å²) in [6.07, 6.45) is 0.316. The lowest BCUT2D eigenvalue weighted by Gasteiger charge is -2.13. The highest BCUT2D eigenvalue weighted by Crippen LogP contribution is 2.22. The maximum atomic E-state index is 12.2. The van der Waals surface area contributed by atoms with E-state index in [1.807, 2.05) is 0 Å². The SMILES string of the molecule is COc1ccc(S(=O)(=O)N[C@H]2CCS(=O)(=O)C2)cc1C. The Hall–Kier alpha value is -1.12. The Morgan fingerprint density at radius 2 is 2.05 bits per heavy atom. The maximum Gasteiger partial charge on any atom is 0.240 e. The number of sulfonamides is 1. The van der Waals surface area contributed by atoms with E-state index in [0.29, 0.717) is 17.7 Å². The quantitative estimate of drug-likeness (QED) is 0.871. The van der Waals surface area contributed by atoms with E-state index >= 15 is 0 Å². The lowest BCUT2D eigenvalue weighted by molar-refractivity contribution is 0.411. The van der Waals surface area contributed by atoms with Crippen LogP contribution in [0.2, 0.25) is 0 Å². The molecule has 1 aliphatic heterocycles. The first kappa shape index (κ1) is 15.3. The molecule has 0 radical (unpaired) electrons. The summed E-state index contributed by atoms with van der Waals surface area (Å²) in [5, 5.41) is 0. The number of hydrogen-bond donors (Lipinski definition) is 1. The van der Waals surface area contributed by atoms with E-state index in [4.69, 9.17) is 4.74 Å². The van der Waals surface area contributed by atoms with Gasteiger partial charge in [0.05, 0.1) is 23.5 Å². The third-order valence-corrected chi connectivity index (χ3v) is 6.52. The number of methoxy groups -OCH3 is 1. The molecule has 1 aromatic rings. The number of nitrogens with one attached hydrogen (secondary N) is 1. The normalized spacial score (nSPS) is 21.8. The molecule has 0 unspecified atom stereocenters. The van der Waals surface area contributed by atoms with Crippen LogP contribution < -0.4 is 9.46 Å². The highest BCUT2D eigenvalue weighted by atomic mass is 32.2. The van der Waals surface area contributed by atoms with Gasteiger partial charge in [0, 0.05) is 6.04 Å². The Morgan fingerprint density at radius 1 is 1.35 bits per heavy atom. The number of sulfone groups is 1. The molecule has 0 bridgehead atoms. The molecular weight excluding hydrogens is 302 g/mol. The first-order valence-electron chi connectivity index (χ1n) is 6.11. The van der Waals surface area contributed by atoms with Crippen molar-refractivity contribution in [1.82, 2.24) is 4.72 Å². The first-order valence-corrected chi connectivity index (χ1v) is 9.41. The van der Waals surface area contributed by atoms with Crippen molar-refractivity contribution in [2.75, 3.05) is 18.6 Å². The molecular formula is C12H17NO5S2. The third-order valence-electron chi connectivity index (χ3n) is 3.23. The van der Waals surface area contributed by atoms with Crippen molar-refractivity contribution in [3.63, 3.8) is 0 Å². The Bertz CT molecular complexity index is 709. The Balaban J connectivity index is 2.21. The molecule has 0 aliphatic carbocycles. The van der Waals surface area contributed by atoms with E-state index in [0.717, 1.165) is 0 Å². The predicted octanol–water partition coefficient (Wildman–Crippen LogP) is 0.469. The zero-order chi connectivity index (χ0) is 15.0. The summed E-state index contributed by atoms with van der Waals surface area (Å²) in [6, 6.07) is 3.98. The minimum Gasteiger partial charge on any atom is -0.496 e. The van der Waals surface area contributed by atoms with Gasteiger partial charge in [0.1, 0.15) is 5.75 Å². The van der Waals surface area contributed by atoms with Crippen LogP contribution in [-0.2, 0) is 19.9 Å². The van der Waals surface area contributed by atoms with Gasteiger partial charge in [-0.15, -0.1) is 0 Å². The molecule has 8 heteroatoms. The smallest absolute Gasteiger partial charge is 0.240 e. The second-order valence-electron chi connectivity index (χ2n) is 4.85. The van der Waals surface area contributed by atoms with Crippen LogP contribution in [0.15, 0.2) is 23.1 Å². The molecule has 1 heterocycles. The van der Waals surface area contributed by atoms with Gasteiger partial charge in [0.25, 0.3) is 0 Å². The Morgan fingerprint density at radius 3 is 2.55 bits per heavy atom. The van der Waals surface area contributed by atoms with Crippen LogP contribution in [-0.4, -0.2) is 41.5 Å². The molecule has 20 heavy (non-hydrogen) atoms. The minimum atomic E-state index is -3.71. The molecule has 1 saturated heterocycles. The fraction of sp³-hybridized carbons (Fsp3) is 0.500. The second kappa shape index (κ2) is 5.34. The van der Waals surface area contributed by atoms with E-state index in [1.165, 1.54) is 19.2 Å².